The number of rotatable bonds is 10. The van der Waals surface area contributed by atoms with Crippen molar-refractivity contribution in [3.8, 4) is 6.01 Å². The Morgan fingerprint density at radius 2 is 2.00 bits per heavy atom. The van der Waals surface area contributed by atoms with Gasteiger partial charge in [-0.3, -0.25) is 9.59 Å². The molecule has 8 heteroatoms. The molecule has 0 bridgehead atoms. The van der Waals surface area contributed by atoms with Crippen LogP contribution in [0.2, 0.25) is 0 Å². The molecular weight excluding hydrogens is 446 g/mol. The van der Waals surface area contributed by atoms with E-state index in [9.17, 15) is 9.59 Å². The van der Waals surface area contributed by atoms with Crippen LogP contribution in [0.15, 0.2) is 57.9 Å². The van der Waals surface area contributed by atoms with Crippen molar-refractivity contribution < 1.29 is 18.7 Å². The molecule has 1 saturated carbocycles. The van der Waals surface area contributed by atoms with E-state index in [0.717, 1.165) is 53.2 Å². The van der Waals surface area contributed by atoms with Gasteiger partial charge in [0.25, 0.3) is 11.6 Å². The normalized spacial score (nSPS) is 14.2. The zero-order valence-electron chi connectivity index (χ0n) is 20.0. The first-order chi connectivity index (χ1) is 17.0. The van der Waals surface area contributed by atoms with Gasteiger partial charge in [-0.05, 0) is 49.9 Å². The monoisotopic (exact) mass is 475 g/mol. The lowest BCUT2D eigenvalue weighted by atomic mass is 10.0. The fourth-order valence-electron chi connectivity index (χ4n) is 3.98. The van der Waals surface area contributed by atoms with Crippen LogP contribution in [0.25, 0.3) is 21.9 Å². The highest BCUT2D eigenvalue weighted by Gasteiger charge is 2.27. The molecule has 182 valence electrons. The molecule has 0 radical (unpaired) electrons. The number of para-hydroxylation sites is 1. The molecule has 1 atom stereocenters. The standard InChI is InChI=1S/C27H29N3O5/c1-3-4-13-33-25(31)16-30-26(32)22(15-28-27(30)34-19-10-11-19)29-17(2)18-9-12-24-21(14-18)20-7-5-6-8-23(20)35-24/h5-9,12,14-15,17,19,29H,3-4,10-11,13,16H2,1-2H3/t17-/m1/s1. The van der Waals surface area contributed by atoms with E-state index in [0.29, 0.717) is 12.3 Å². The molecule has 1 fully saturated rings. The highest BCUT2D eigenvalue weighted by Crippen LogP contribution is 2.31. The summed E-state index contributed by atoms with van der Waals surface area (Å²) in [6.07, 6.45) is 5.04. The Hall–Kier alpha value is -3.81. The van der Waals surface area contributed by atoms with E-state index in [-0.39, 0.29) is 30.3 Å². The minimum atomic E-state index is -0.481. The second-order valence-corrected chi connectivity index (χ2v) is 8.96. The number of furan rings is 1. The molecular formula is C27H29N3O5. The van der Waals surface area contributed by atoms with Gasteiger partial charge in [0.15, 0.2) is 0 Å². The lowest BCUT2D eigenvalue weighted by molar-refractivity contribution is -0.144. The maximum atomic E-state index is 13.3. The first kappa shape index (κ1) is 23.0. The van der Waals surface area contributed by atoms with Crippen LogP contribution in [-0.2, 0) is 16.1 Å². The minimum Gasteiger partial charge on any atom is -0.464 e. The maximum Gasteiger partial charge on any atom is 0.326 e. The molecule has 35 heavy (non-hydrogen) atoms. The molecule has 1 aliphatic carbocycles. The summed E-state index contributed by atoms with van der Waals surface area (Å²) in [5, 5.41) is 5.32. The lowest BCUT2D eigenvalue weighted by Gasteiger charge is -2.18. The van der Waals surface area contributed by atoms with Crippen molar-refractivity contribution in [3.05, 3.63) is 64.6 Å². The van der Waals surface area contributed by atoms with Crippen molar-refractivity contribution in [2.24, 2.45) is 0 Å². The van der Waals surface area contributed by atoms with Gasteiger partial charge >= 0.3 is 5.97 Å². The summed E-state index contributed by atoms with van der Waals surface area (Å²) in [5.41, 5.74) is 2.56. The number of carbonyl (C=O) groups excluding carboxylic acids is 1. The van der Waals surface area contributed by atoms with Gasteiger partial charge in [-0.1, -0.05) is 37.6 Å². The van der Waals surface area contributed by atoms with Crippen molar-refractivity contribution in [2.45, 2.75) is 58.2 Å². The minimum absolute atomic E-state index is 0.0403. The Bertz CT molecular complexity index is 1420. The van der Waals surface area contributed by atoms with Crippen LogP contribution in [0.4, 0.5) is 5.69 Å². The molecule has 2 aromatic heterocycles. The molecule has 8 nitrogen and oxygen atoms in total. The third-order valence-electron chi connectivity index (χ3n) is 6.13. The van der Waals surface area contributed by atoms with E-state index in [1.165, 1.54) is 10.8 Å². The number of benzene rings is 2. The zero-order valence-corrected chi connectivity index (χ0v) is 20.0. The molecule has 0 saturated heterocycles. The first-order valence-electron chi connectivity index (χ1n) is 12.1. The van der Waals surface area contributed by atoms with Gasteiger partial charge in [0.1, 0.15) is 29.5 Å². The molecule has 2 aromatic carbocycles. The fraction of sp³-hybridized carbons (Fsp3) is 0.370. The molecule has 0 unspecified atom stereocenters. The number of ether oxygens (including phenoxy) is 2. The van der Waals surface area contributed by atoms with Gasteiger partial charge in [0.05, 0.1) is 12.8 Å². The van der Waals surface area contributed by atoms with Crippen molar-refractivity contribution in [1.82, 2.24) is 9.55 Å². The number of anilines is 1. The maximum absolute atomic E-state index is 13.3. The summed E-state index contributed by atoms with van der Waals surface area (Å²) < 4.78 is 18.2. The number of aromatic nitrogens is 2. The summed E-state index contributed by atoms with van der Waals surface area (Å²) >= 11 is 0. The number of hydrogen-bond acceptors (Lipinski definition) is 7. The topological polar surface area (TPSA) is 95.6 Å². The average molecular weight is 476 g/mol. The molecule has 4 aromatic rings. The van der Waals surface area contributed by atoms with Crippen molar-refractivity contribution in [1.29, 1.82) is 0 Å². The van der Waals surface area contributed by atoms with E-state index < -0.39 is 5.97 Å². The van der Waals surface area contributed by atoms with E-state index in [2.05, 4.69) is 16.4 Å². The Labute approximate surface area is 202 Å². The number of unbranched alkanes of at least 4 members (excludes halogenated alkanes) is 1. The Morgan fingerprint density at radius 3 is 2.80 bits per heavy atom. The highest BCUT2D eigenvalue weighted by molar-refractivity contribution is 6.05. The second-order valence-electron chi connectivity index (χ2n) is 8.96. The van der Waals surface area contributed by atoms with Crippen LogP contribution in [0.5, 0.6) is 6.01 Å². The summed E-state index contributed by atoms with van der Waals surface area (Å²) in [6, 6.07) is 13.9. The van der Waals surface area contributed by atoms with Crippen molar-refractivity contribution in [2.75, 3.05) is 11.9 Å². The number of fused-ring (bicyclic) bond motifs is 3. The molecule has 0 amide bonds. The number of esters is 1. The zero-order chi connectivity index (χ0) is 24.4. The lowest BCUT2D eigenvalue weighted by Crippen LogP contribution is -2.30. The van der Waals surface area contributed by atoms with Crippen LogP contribution in [-0.4, -0.2) is 28.2 Å². The quantitative estimate of drug-likeness (QED) is 0.249. The summed E-state index contributed by atoms with van der Waals surface area (Å²) in [6.45, 7) is 4.08. The van der Waals surface area contributed by atoms with Gasteiger partial charge in [0.2, 0.25) is 0 Å². The predicted octanol–water partition coefficient (Wildman–Crippen LogP) is 5.20. The molecule has 1 N–H and O–H groups in total. The predicted molar refractivity (Wildman–Crippen MR) is 134 cm³/mol. The van der Waals surface area contributed by atoms with Gasteiger partial charge < -0.3 is 19.2 Å². The van der Waals surface area contributed by atoms with Crippen molar-refractivity contribution in [3.63, 3.8) is 0 Å². The smallest absolute Gasteiger partial charge is 0.326 e. The number of nitrogens with zero attached hydrogens (tertiary/aromatic N) is 2. The Morgan fingerprint density at radius 1 is 1.20 bits per heavy atom. The number of carbonyl (C=O) groups is 1. The van der Waals surface area contributed by atoms with E-state index in [1.54, 1.807) is 0 Å². The van der Waals surface area contributed by atoms with Gasteiger partial charge in [-0.2, -0.15) is 0 Å². The molecule has 0 aliphatic heterocycles. The molecule has 2 heterocycles. The fourth-order valence-corrected chi connectivity index (χ4v) is 3.98. The highest BCUT2D eigenvalue weighted by atomic mass is 16.5. The third-order valence-corrected chi connectivity index (χ3v) is 6.13. The number of nitrogens with one attached hydrogen (secondary N) is 1. The molecule has 5 rings (SSSR count). The SMILES string of the molecule is CCCCOC(=O)Cn1c(OC2CC2)ncc(N[C@H](C)c2ccc3oc4ccccc4c3c2)c1=O. The largest absolute Gasteiger partial charge is 0.464 e. The summed E-state index contributed by atoms with van der Waals surface area (Å²) in [4.78, 5) is 30.0. The van der Waals surface area contributed by atoms with E-state index in [4.69, 9.17) is 13.9 Å². The second kappa shape index (κ2) is 9.82. The van der Waals surface area contributed by atoms with Crippen LogP contribution < -0.4 is 15.6 Å². The first-order valence-corrected chi connectivity index (χ1v) is 12.1. The Balaban J connectivity index is 1.40. The van der Waals surface area contributed by atoms with Gasteiger partial charge in [-0.15, -0.1) is 0 Å². The summed E-state index contributed by atoms with van der Waals surface area (Å²) in [5.74, 6) is -0.481. The Kier molecular flexibility index (Phi) is 6.44. The van der Waals surface area contributed by atoms with Crippen LogP contribution in [0, 0.1) is 0 Å². The van der Waals surface area contributed by atoms with Gasteiger partial charge in [0, 0.05) is 16.8 Å². The van der Waals surface area contributed by atoms with Crippen molar-refractivity contribution >= 4 is 33.6 Å². The average Bonchev–Trinajstić information content (AvgIpc) is 3.60. The van der Waals surface area contributed by atoms with Gasteiger partial charge in [-0.25, -0.2) is 9.55 Å². The van der Waals surface area contributed by atoms with Crippen LogP contribution >= 0.6 is 0 Å². The summed E-state index contributed by atoms with van der Waals surface area (Å²) in [7, 11) is 0. The third kappa shape index (κ3) is 5.01. The number of hydrogen-bond donors (Lipinski definition) is 1. The van der Waals surface area contributed by atoms with Crippen LogP contribution in [0.1, 0.15) is 51.1 Å². The van der Waals surface area contributed by atoms with Crippen LogP contribution in [0.3, 0.4) is 0 Å². The van der Waals surface area contributed by atoms with E-state index in [1.807, 2.05) is 50.2 Å². The van der Waals surface area contributed by atoms with E-state index >= 15 is 0 Å². The molecule has 1 aliphatic rings. The molecule has 0 spiro atoms.